The maximum atomic E-state index is 11.5. The van der Waals surface area contributed by atoms with Gasteiger partial charge in [-0.25, -0.2) is 9.59 Å². The topological polar surface area (TPSA) is 143 Å². The normalized spacial score (nSPS) is 12.0. The Morgan fingerprint density at radius 1 is 0.762 bits per heavy atom. The van der Waals surface area contributed by atoms with Crippen molar-refractivity contribution in [2.75, 3.05) is 39.6 Å². The zero-order valence-corrected chi connectivity index (χ0v) is 11.2. The van der Waals surface area contributed by atoms with Gasteiger partial charge in [-0.05, 0) is 12.2 Å². The van der Waals surface area contributed by atoms with Gasteiger partial charge in [0.25, 0.3) is 0 Å². The predicted octanol–water partition coefficient (Wildman–Crippen LogP) is -1.61. The molecule has 0 aliphatic carbocycles. The van der Waals surface area contributed by atoms with Gasteiger partial charge in [-0.1, -0.05) is 0 Å². The number of rotatable bonds is 10. The Labute approximate surface area is 120 Å². The first kappa shape index (κ1) is 18.9. The highest BCUT2D eigenvalue weighted by molar-refractivity contribution is 5.88. The van der Waals surface area contributed by atoms with Crippen LogP contribution in [0.2, 0.25) is 0 Å². The summed E-state index contributed by atoms with van der Waals surface area (Å²) in [6.45, 7) is -1.89. The van der Waals surface area contributed by atoms with Crippen LogP contribution in [0.25, 0.3) is 0 Å². The lowest BCUT2D eigenvalue weighted by Crippen LogP contribution is -2.15. The summed E-state index contributed by atoms with van der Waals surface area (Å²) in [6.07, 6.45) is 1.79. The van der Waals surface area contributed by atoms with Crippen LogP contribution < -0.4 is 0 Å². The van der Waals surface area contributed by atoms with Gasteiger partial charge in [0.2, 0.25) is 11.5 Å². The summed E-state index contributed by atoms with van der Waals surface area (Å²) in [7, 11) is 0. The Hall–Kier alpha value is -2.10. The maximum absolute atomic E-state index is 11.5. The highest BCUT2D eigenvalue weighted by atomic mass is 16.6. The second-order valence-corrected chi connectivity index (χ2v) is 3.37. The minimum atomic E-state index is -1.09. The lowest BCUT2D eigenvalue weighted by Gasteiger charge is -2.08. The lowest BCUT2D eigenvalue weighted by atomic mass is 10.3. The monoisotopic (exact) mass is 306 g/mol. The molecule has 0 spiro atoms. The molecule has 0 radical (unpaired) electrons. The molecule has 4 N–H and O–H groups in total. The number of hydrogen-bond donors (Lipinski definition) is 4. The van der Waals surface area contributed by atoms with Crippen LogP contribution in [0.3, 0.4) is 0 Å². The van der Waals surface area contributed by atoms with Crippen molar-refractivity contribution in [2.24, 2.45) is 0 Å². The van der Waals surface area contributed by atoms with Crippen molar-refractivity contribution in [1.29, 1.82) is 0 Å². The van der Waals surface area contributed by atoms with E-state index in [-0.39, 0.29) is 38.8 Å². The Balaban J connectivity index is 4.79. The van der Waals surface area contributed by atoms with Crippen LogP contribution in [0.1, 0.15) is 0 Å². The molecular weight excluding hydrogens is 288 g/mol. The fourth-order valence-electron chi connectivity index (χ4n) is 0.975. The molecule has 9 nitrogen and oxygen atoms in total. The van der Waals surface area contributed by atoms with Crippen molar-refractivity contribution < 1.29 is 44.2 Å². The van der Waals surface area contributed by atoms with Gasteiger partial charge in [0.15, 0.2) is 0 Å². The Morgan fingerprint density at radius 3 is 1.76 bits per heavy atom. The summed E-state index contributed by atoms with van der Waals surface area (Å²) in [5, 5.41) is 35.0. The smallest absolute Gasteiger partial charge is 0.373 e. The molecule has 21 heavy (non-hydrogen) atoms. The van der Waals surface area contributed by atoms with Crippen LogP contribution in [0.4, 0.5) is 0 Å². The molecule has 0 saturated carbocycles. The summed E-state index contributed by atoms with van der Waals surface area (Å²) in [5.41, 5.74) is 0. The molecule has 0 rings (SSSR count). The van der Waals surface area contributed by atoms with Gasteiger partial charge in [0.05, 0.1) is 19.8 Å². The number of aliphatic hydroxyl groups excluding tert-OH is 4. The van der Waals surface area contributed by atoms with Gasteiger partial charge in [-0.15, -0.1) is 0 Å². The zero-order chi connectivity index (χ0) is 16.1. The van der Waals surface area contributed by atoms with Crippen LogP contribution >= 0.6 is 0 Å². The Morgan fingerprint density at radius 2 is 1.24 bits per heavy atom. The van der Waals surface area contributed by atoms with E-state index in [2.05, 4.69) is 9.47 Å². The number of ether oxygens (including phenoxy) is 3. The number of aliphatic hydroxyl groups is 4. The van der Waals surface area contributed by atoms with Crippen LogP contribution in [0, 0.1) is 0 Å². The van der Waals surface area contributed by atoms with Gasteiger partial charge < -0.3 is 34.6 Å². The van der Waals surface area contributed by atoms with Crippen LogP contribution in [-0.4, -0.2) is 72.0 Å². The predicted molar refractivity (Wildman–Crippen MR) is 67.9 cm³/mol. The molecule has 0 aromatic carbocycles. The SMILES string of the molecule is O=C(OCCO)C(O)=CC=C(OCCO)C(=O)OCCO. The van der Waals surface area contributed by atoms with E-state index in [1.54, 1.807) is 0 Å². The molecule has 0 aliphatic rings. The van der Waals surface area contributed by atoms with E-state index in [1.807, 2.05) is 0 Å². The summed E-state index contributed by atoms with van der Waals surface area (Å²) in [6, 6.07) is 0. The highest BCUT2D eigenvalue weighted by Gasteiger charge is 2.13. The van der Waals surface area contributed by atoms with Crippen molar-refractivity contribution in [2.45, 2.75) is 0 Å². The summed E-state index contributed by atoms with van der Waals surface area (Å²) in [4.78, 5) is 22.7. The fraction of sp³-hybridized carbons (Fsp3) is 0.500. The van der Waals surface area contributed by atoms with Gasteiger partial charge >= 0.3 is 11.9 Å². The standard InChI is InChI=1S/C12H18O9/c13-3-6-19-10(12(18)21-8-5-15)2-1-9(16)11(17)20-7-4-14/h1-2,13-16H,3-8H2. The van der Waals surface area contributed by atoms with E-state index in [4.69, 9.17) is 20.1 Å². The lowest BCUT2D eigenvalue weighted by molar-refractivity contribution is -0.144. The molecule has 0 saturated heterocycles. The van der Waals surface area contributed by atoms with Crippen LogP contribution in [0.15, 0.2) is 23.7 Å². The van der Waals surface area contributed by atoms with Gasteiger partial charge in [-0.3, -0.25) is 0 Å². The molecular formula is C12H18O9. The van der Waals surface area contributed by atoms with E-state index in [1.165, 1.54) is 0 Å². The number of hydrogen-bond acceptors (Lipinski definition) is 9. The molecule has 0 aromatic heterocycles. The van der Waals surface area contributed by atoms with Crippen molar-refractivity contribution in [3.8, 4) is 0 Å². The van der Waals surface area contributed by atoms with Gasteiger partial charge in [0.1, 0.15) is 19.8 Å². The first-order valence-electron chi connectivity index (χ1n) is 5.97. The minimum Gasteiger partial charge on any atom is -0.502 e. The van der Waals surface area contributed by atoms with Crippen LogP contribution in [-0.2, 0) is 23.8 Å². The first-order chi connectivity index (χ1) is 10.1. The molecule has 0 fully saturated rings. The van der Waals surface area contributed by atoms with Gasteiger partial charge in [0, 0.05) is 0 Å². The molecule has 0 atom stereocenters. The maximum Gasteiger partial charge on any atom is 0.373 e. The second kappa shape index (κ2) is 11.7. The van der Waals surface area contributed by atoms with E-state index in [0.29, 0.717) is 0 Å². The third kappa shape index (κ3) is 8.63. The van der Waals surface area contributed by atoms with Crippen molar-refractivity contribution >= 4 is 11.9 Å². The third-order valence-corrected chi connectivity index (χ3v) is 1.80. The molecule has 0 unspecified atom stereocenters. The summed E-state index contributed by atoms with van der Waals surface area (Å²) in [5.74, 6) is -3.22. The molecule has 0 aliphatic heterocycles. The Bertz CT molecular complexity index is 386. The highest BCUT2D eigenvalue weighted by Crippen LogP contribution is 2.04. The van der Waals surface area contributed by atoms with E-state index < -0.39 is 24.3 Å². The quantitative estimate of drug-likeness (QED) is 0.162. The molecule has 0 amide bonds. The average Bonchev–Trinajstić information content (AvgIpc) is 2.49. The van der Waals surface area contributed by atoms with E-state index >= 15 is 0 Å². The molecule has 0 aromatic rings. The van der Waals surface area contributed by atoms with E-state index in [0.717, 1.165) is 12.2 Å². The first-order valence-corrected chi connectivity index (χ1v) is 5.97. The summed E-state index contributed by atoms with van der Waals surface area (Å²) < 4.78 is 13.9. The number of allylic oxidation sites excluding steroid dienone is 2. The van der Waals surface area contributed by atoms with E-state index in [9.17, 15) is 14.7 Å². The average molecular weight is 306 g/mol. The number of carbonyl (C=O) groups excluding carboxylic acids is 2. The minimum absolute atomic E-state index is 0.205. The third-order valence-electron chi connectivity index (χ3n) is 1.80. The molecule has 0 heterocycles. The van der Waals surface area contributed by atoms with Crippen molar-refractivity contribution in [1.82, 2.24) is 0 Å². The number of esters is 2. The van der Waals surface area contributed by atoms with Crippen molar-refractivity contribution in [3.63, 3.8) is 0 Å². The van der Waals surface area contributed by atoms with Crippen molar-refractivity contribution in [3.05, 3.63) is 23.7 Å². The Kier molecular flexibility index (Phi) is 10.5. The number of carbonyl (C=O) groups is 2. The molecule has 0 bridgehead atoms. The van der Waals surface area contributed by atoms with Crippen LogP contribution in [0.5, 0.6) is 0 Å². The molecule has 120 valence electrons. The molecule has 9 heteroatoms. The fourth-order valence-corrected chi connectivity index (χ4v) is 0.975. The second-order valence-electron chi connectivity index (χ2n) is 3.37. The zero-order valence-electron chi connectivity index (χ0n) is 11.2. The van der Waals surface area contributed by atoms with Gasteiger partial charge in [-0.2, -0.15) is 0 Å². The summed E-state index contributed by atoms with van der Waals surface area (Å²) >= 11 is 0. The largest absolute Gasteiger partial charge is 0.502 e.